The average molecular weight is 405 g/mol. The van der Waals surface area contributed by atoms with Crippen molar-refractivity contribution >= 4 is 11.6 Å². The number of carbonyl (C=O) groups is 1. The molecule has 1 amide bonds. The lowest BCUT2D eigenvalue weighted by atomic mass is 10.1. The summed E-state index contributed by atoms with van der Waals surface area (Å²) in [5.74, 6) is -0.452. The Bertz CT molecular complexity index is 984. The predicted molar refractivity (Wildman–Crippen MR) is 115 cm³/mol. The number of aromatic nitrogens is 1. The Kier molecular flexibility index (Phi) is 6.35. The fourth-order valence-electron chi connectivity index (χ4n) is 3.46. The number of carbonyl (C=O) groups excluding carboxylic acids is 1. The molecule has 1 aliphatic heterocycles. The van der Waals surface area contributed by atoms with Crippen LogP contribution in [0.2, 0.25) is 0 Å². The molecule has 0 radical (unpaired) electrons. The van der Waals surface area contributed by atoms with Crippen molar-refractivity contribution < 1.29 is 13.9 Å². The van der Waals surface area contributed by atoms with Crippen molar-refractivity contribution in [3.05, 3.63) is 83.9 Å². The first-order chi connectivity index (χ1) is 14.7. The zero-order valence-corrected chi connectivity index (χ0v) is 16.7. The number of benzene rings is 2. The number of hydrogen-bond donors (Lipinski definition) is 1. The van der Waals surface area contributed by atoms with Crippen LogP contribution in [-0.4, -0.2) is 37.2 Å². The molecule has 0 aliphatic carbocycles. The van der Waals surface area contributed by atoms with E-state index in [0.29, 0.717) is 12.2 Å². The molecule has 1 fully saturated rings. The molecule has 1 saturated heterocycles. The minimum Gasteiger partial charge on any atom is -0.378 e. The van der Waals surface area contributed by atoms with Crippen LogP contribution in [0.15, 0.2) is 66.9 Å². The Morgan fingerprint density at radius 2 is 1.80 bits per heavy atom. The number of anilines is 1. The minimum absolute atomic E-state index is 0.144. The smallest absolute Gasteiger partial charge is 0.226 e. The summed E-state index contributed by atoms with van der Waals surface area (Å²) in [6, 6.07) is 18.5. The molecule has 0 spiro atoms. The van der Waals surface area contributed by atoms with Crippen molar-refractivity contribution in [2.75, 3.05) is 31.2 Å². The number of rotatable bonds is 6. The van der Waals surface area contributed by atoms with E-state index in [1.165, 1.54) is 17.8 Å². The Morgan fingerprint density at radius 1 is 1.03 bits per heavy atom. The first-order valence-corrected chi connectivity index (χ1v) is 10.1. The average Bonchev–Trinajstić information content (AvgIpc) is 2.79. The number of hydrogen-bond acceptors (Lipinski definition) is 4. The maximum Gasteiger partial charge on any atom is 0.226 e. The zero-order chi connectivity index (χ0) is 20.8. The van der Waals surface area contributed by atoms with E-state index in [0.717, 1.165) is 43.0 Å². The van der Waals surface area contributed by atoms with Crippen molar-refractivity contribution in [1.82, 2.24) is 10.3 Å². The summed E-state index contributed by atoms with van der Waals surface area (Å²) in [4.78, 5) is 18.9. The Balaban J connectivity index is 1.32. The molecule has 6 heteroatoms. The fourth-order valence-corrected chi connectivity index (χ4v) is 3.46. The van der Waals surface area contributed by atoms with Crippen LogP contribution in [0.25, 0.3) is 11.1 Å². The quantitative estimate of drug-likeness (QED) is 0.681. The van der Waals surface area contributed by atoms with Gasteiger partial charge in [0, 0.05) is 42.8 Å². The molecule has 4 rings (SSSR count). The molecule has 0 saturated carbocycles. The number of halogens is 1. The summed E-state index contributed by atoms with van der Waals surface area (Å²) >= 11 is 0. The van der Waals surface area contributed by atoms with Crippen molar-refractivity contribution in [3.63, 3.8) is 0 Å². The number of nitrogens with one attached hydrogen (secondary N) is 1. The normalized spacial score (nSPS) is 13.8. The highest BCUT2D eigenvalue weighted by Crippen LogP contribution is 2.23. The van der Waals surface area contributed by atoms with Gasteiger partial charge in [-0.2, -0.15) is 0 Å². The Hall–Kier alpha value is -3.25. The summed E-state index contributed by atoms with van der Waals surface area (Å²) < 4.78 is 18.6. The summed E-state index contributed by atoms with van der Waals surface area (Å²) in [6.45, 7) is 3.66. The van der Waals surface area contributed by atoms with Crippen LogP contribution < -0.4 is 10.2 Å². The van der Waals surface area contributed by atoms with Gasteiger partial charge in [-0.15, -0.1) is 0 Å². The number of amides is 1. The van der Waals surface area contributed by atoms with Crippen molar-refractivity contribution in [1.29, 1.82) is 0 Å². The maximum atomic E-state index is 13.2. The van der Waals surface area contributed by atoms with E-state index in [2.05, 4.69) is 39.5 Å². The molecule has 3 aromatic rings. The van der Waals surface area contributed by atoms with Gasteiger partial charge in [0.2, 0.25) is 5.91 Å². The van der Waals surface area contributed by atoms with Gasteiger partial charge in [0.1, 0.15) is 5.82 Å². The van der Waals surface area contributed by atoms with Gasteiger partial charge in [-0.05, 0) is 41.5 Å². The number of morpholine rings is 1. The van der Waals surface area contributed by atoms with E-state index in [1.807, 2.05) is 12.1 Å². The Labute approximate surface area is 175 Å². The molecule has 2 heterocycles. The lowest BCUT2D eigenvalue weighted by Crippen LogP contribution is -2.36. The van der Waals surface area contributed by atoms with Crippen LogP contribution in [-0.2, 0) is 22.5 Å². The summed E-state index contributed by atoms with van der Waals surface area (Å²) in [6.07, 6.45) is 1.98. The third kappa shape index (κ3) is 5.21. The molecule has 0 unspecified atom stereocenters. The molecule has 0 bridgehead atoms. The number of ether oxygens (including phenoxy) is 1. The molecule has 1 aromatic heterocycles. The Morgan fingerprint density at radius 3 is 2.50 bits per heavy atom. The maximum absolute atomic E-state index is 13.2. The standard InChI is InChI=1S/C24H24FN3O2/c25-21-3-1-2-18(14-21)16-27-24(29)15-22-7-4-20(17-26-22)19-5-8-23(9-6-19)28-10-12-30-13-11-28/h1-9,14,17H,10-13,15-16H2,(H,27,29). The van der Waals surface area contributed by atoms with Gasteiger partial charge in [-0.1, -0.05) is 30.3 Å². The largest absolute Gasteiger partial charge is 0.378 e. The van der Waals surface area contributed by atoms with E-state index in [4.69, 9.17) is 4.74 Å². The molecule has 1 N–H and O–H groups in total. The van der Waals surface area contributed by atoms with Gasteiger partial charge in [0.25, 0.3) is 0 Å². The van der Waals surface area contributed by atoms with Crippen LogP contribution in [0.1, 0.15) is 11.3 Å². The van der Waals surface area contributed by atoms with E-state index < -0.39 is 0 Å². The SMILES string of the molecule is O=C(Cc1ccc(-c2ccc(N3CCOCC3)cc2)cn1)NCc1cccc(F)c1. The molecular weight excluding hydrogens is 381 g/mol. The number of pyridine rings is 1. The second kappa shape index (κ2) is 9.50. The molecule has 1 aliphatic rings. The number of nitrogens with zero attached hydrogens (tertiary/aromatic N) is 2. The minimum atomic E-state index is -0.308. The lowest BCUT2D eigenvalue weighted by Gasteiger charge is -2.28. The zero-order valence-electron chi connectivity index (χ0n) is 16.7. The van der Waals surface area contributed by atoms with Gasteiger partial charge < -0.3 is 15.0 Å². The lowest BCUT2D eigenvalue weighted by molar-refractivity contribution is -0.120. The van der Waals surface area contributed by atoms with Gasteiger partial charge in [0.05, 0.1) is 19.6 Å². The van der Waals surface area contributed by atoms with E-state index in [1.54, 1.807) is 18.3 Å². The van der Waals surface area contributed by atoms with Gasteiger partial charge in [0.15, 0.2) is 0 Å². The highest BCUT2D eigenvalue weighted by atomic mass is 19.1. The van der Waals surface area contributed by atoms with Crippen molar-refractivity contribution in [2.45, 2.75) is 13.0 Å². The van der Waals surface area contributed by atoms with Gasteiger partial charge in [-0.3, -0.25) is 9.78 Å². The summed E-state index contributed by atoms with van der Waals surface area (Å²) in [5, 5.41) is 2.80. The van der Waals surface area contributed by atoms with E-state index in [-0.39, 0.29) is 18.1 Å². The third-order valence-corrected chi connectivity index (χ3v) is 5.12. The molecule has 5 nitrogen and oxygen atoms in total. The fraction of sp³-hybridized carbons (Fsp3) is 0.250. The van der Waals surface area contributed by atoms with E-state index in [9.17, 15) is 9.18 Å². The molecule has 0 atom stereocenters. The third-order valence-electron chi connectivity index (χ3n) is 5.12. The summed E-state index contributed by atoms with van der Waals surface area (Å²) in [7, 11) is 0. The highest BCUT2D eigenvalue weighted by molar-refractivity contribution is 5.78. The van der Waals surface area contributed by atoms with Crippen molar-refractivity contribution in [2.24, 2.45) is 0 Å². The topological polar surface area (TPSA) is 54.5 Å². The highest BCUT2D eigenvalue weighted by Gasteiger charge is 2.11. The van der Waals surface area contributed by atoms with Gasteiger partial charge in [-0.25, -0.2) is 4.39 Å². The molecule has 2 aromatic carbocycles. The van der Waals surface area contributed by atoms with Crippen LogP contribution in [0, 0.1) is 5.82 Å². The van der Waals surface area contributed by atoms with Gasteiger partial charge >= 0.3 is 0 Å². The van der Waals surface area contributed by atoms with E-state index >= 15 is 0 Å². The monoisotopic (exact) mass is 405 g/mol. The first-order valence-electron chi connectivity index (χ1n) is 10.1. The van der Waals surface area contributed by atoms with Crippen LogP contribution in [0.4, 0.5) is 10.1 Å². The second-order valence-corrected chi connectivity index (χ2v) is 7.27. The van der Waals surface area contributed by atoms with Crippen LogP contribution >= 0.6 is 0 Å². The molecule has 154 valence electrons. The van der Waals surface area contributed by atoms with Crippen molar-refractivity contribution in [3.8, 4) is 11.1 Å². The predicted octanol–water partition coefficient (Wildman–Crippen LogP) is 3.58. The molecular formula is C24H24FN3O2. The van der Waals surface area contributed by atoms with Crippen LogP contribution in [0.3, 0.4) is 0 Å². The van der Waals surface area contributed by atoms with Crippen LogP contribution in [0.5, 0.6) is 0 Å². The first kappa shape index (κ1) is 20.0. The summed E-state index contributed by atoms with van der Waals surface area (Å²) in [5.41, 5.74) is 4.71. The second-order valence-electron chi connectivity index (χ2n) is 7.27. The molecule has 30 heavy (non-hydrogen) atoms.